The second-order valence-electron chi connectivity index (χ2n) is 3.00. The van der Waals surface area contributed by atoms with Crippen molar-refractivity contribution in [3.63, 3.8) is 0 Å². The molecule has 0 aliphatic carbocycles. The zero-order chi connectivity index (χ0) is 11.5. The van der Waals surface area contributed by atoms with Gasteiger partial charge in [0.15, 0.2) is 9.84 Å². The van der Waals surface area contributed by atoms with Crippen molar-refractivity contribution in [2.45, 2.75) is 4.90 Å². The van der Waals surface area contributed by atoms with E-state index in [2.05, 4.69) is 5.32 Å². The van der Waals surface area contributed by atoms with Crippen molar-refractivity contribution in [1.29, 1.82) is 0 Å². The van der Waals surface area contributed by atoms with Crippen LogP contribution in [0.15, 0.2) is 29.2 Å². The minimum atomic E-state index is -3.59. The Bertz CT molecular complexity index is 468. The van der Waals surface area contributed by atoms with Crippen LogP contribution < -0.4 is 11.1 Å². The lowest BCUT2D eigenvalue weighted by Crippen LogP contribution is -2.27. The third-order valence-electron chi connectivity index (χ3n) is 1.82. The Morgan fingerprint density at radius 3 is 2.67 bits per heavy atom. The summed E-state index contributed by atoms with van der Waals surface area (Å²) < 4.78 is 23.3. The van der Waals surface area contributed by atoms with Crippen LogP contribution in [0, 0.1) is 0 Å². The normalized spacial score (nSPS) is 11.0. The van der Waals surface area contributed by atoms with Crippen molar-refractivity contribution in [3.05, 3.63) is 24.3 Å². The smallest absolute Gasteiger partial charge is 0.235 e. The van der Waals surface area contributed by atoms with Gasteiger partial charge in [0.2, 0.25) is 5.91 Å². The molecule has 1 amide bonds. The molecule has 1 rings (SSSR count). The summed E-state index contributed by atoms with van der Waals surface area (Å²) in [7, 11) is -2.20. The number of carbonyl (C=O) groups excluding carboxylic acids is 1. The molecule has 0 radical (unpaired) electrons. The fourth-order valence-electron chi connectivity index (χ4n) is 1.04. The summed E-state index contributed by atoms with van der Waals surface area (Å²) in [6.07, 6.45) is 0. The molecule has 3 N–H and O–H groups in total. The fourth-order valence-corrected chi connectivity index (χ4v) is 2.29. The molecule has 82 valence electrons. The van der Waals surface area contributed by atoms with Crippen molar-refractivity contribution in [2.24, 2.45) is 0 Å². The van der Waals surface area contributed by atoms with Crippen LogP contribution in [0.2, 0.25) is 0 Å². The van der Waals surface area contributed by atoms with E-state index < -0.39 is 21.5 Å². The topological polar surface area (TPSA) is 89.3 Å². The Morgan fingerprint density at radius 1 is 1.47 bits per heavy atom. The molecule has 1 aromatic rings. The average molecular weight is 228 g/mol. The van der Waals surface area contributed by atoms with Crippen LogP contribution in [-0.4, -0.2) is 27.1 Å². The Labute approximate surface area is 88.2 Å². The number of nitrogen functional groups attached to an aromatic ring is 1. The highest BCUT2D eigenvalue weighted by molar-refractivity contribution is 7.92. The number of benzene rings is 1. The predicted octanol–water partition coefficient (Wildman–Crippen LogP) is -0.212. The van der Waals surface area contributed by atoms with Gasteiger partial charge < -0.3 is 11.1 Å². The molecule has 0 bridgehead atoms. The maximum Gasteiger partial charge on any atom is 0.235 e. The summed E-state index contributed by atoms with van der Waals surface area (Å²) in [6, 6.07) is 5.86. The number of amides is 1. The van der Waals surface area contributed by atoms with E-state index in [1.165, 1.54) is 25.2 Å². The van der Waals surface area contributed by atoms with Gasteiger partial charge in [-0.25, -0.2) is 8.42 Å². The van der Waals surface area contributed by atoms with Crippen molar-refractivity contribution < 1.29 is 13.2 Å². The summed E-state index contributed by atoms with van der Waals surface area (Å²) in [5.74, 6) is -1.11. The number of nitrogens with two attached hydrogens (primary N) is 1. The molecule has 1 aromatic carbocycles. The highest BCUT2D eigenvalue weighted by atomic mass is 32.2. The van der Waals surface area contributed by atoms with Crippen LogP contribution in [-0.2, 0) is 14.6 Å². The van der Waals surface area contributed by atoms with Gasteiger partial charge >= 0.3 is 0 Å². The van der Waals surface area contributed by atoms with E-state index in [4.69, 9.17) is 5.73 Å². The number of nitrogens with one attached hydrogen (secondary N) is 1. The van der Waals surface area contributed by atoms with Crippen molar-refractivity contribution >= 4 is 21.4 Å². The van der Waals surface area contributed by atoms with E-state index in [0.29, 0.717) is 5.69 Å². The van der Waals surface area contributed by atoms with E-state index in [-0.39, 0.29) is 4.90 Å². The van der Waals surface area contributed by atoms with Gasteiger partial charge in [0.05, 0.1) is 4.90 Å². The van der Waals surface area contributed by atoms with Crippen LogP contribution >= 0.6 is 0 Å². The molecule has 0 atom stereocenters. The summed E-state index contributed by atoms with van der Waals surface area (Å²) >= 11 is 0. The number of carbonyl (C=O) groups is 1. The van der Waals surface area contributed by atoms with Crippen molar-refractivity contribution in [1.82, 2.24) is 5.32 Å². The lowest BCUT2D eigenvalue weighted by Gasteiger charge is -2.03. The van der Waals surface area contributed by atoms with Crippen molar-refractivity contribution in [2.75, 3.05) is 18.5 Å². The Balaban J connectivity index is 3.01. The molecule has 0 spiro atoms. The maximum atomic E-state index is 11.6. The summed E-state index contributed by atoms with van der Waals surface area (Å²) in [5.41, 5.74) is 5.81. The maximum absolute atomic E-state index is 11.6. The quantitative estimate of drug-likeness (QED) is 0.700. The van der Waals surface area contributed by atoms with E-state index in [9.17, 15) is 13.2 Å². The first kappa shape index (κ1) is 11.5. The fraction of sp³-hybridized carbons (Fsp3) is 0.222. The molecule has 5 nitrogen and oxygen atoms in total. The lowest BCUT2D eigenvalue weighted by molar-refractivity contribution is -0.118. The third kappa shape index (κ3) is 2.95. The molecule has 0 saturated heterocycles. The zero-order valence-electron chi connectivity index (χ0n) is 8.23. The number of hydrogen-bond donors (Lipinski definition) is 2. The SMILES string of the molecule is CNC(=O)CS(=O)(=O)c1cccc(N)c1. The summed E-state index contributed by atoms with van der Waals surface area (Å²) in [6.45, 7) is 0. The van der Waals surface area contributed by atoms with Gasteiger partial charge in [-0.1, -0.05) is 6.07 Å². The van der Waals surface area contributed by atoms with Gasteiger partial charge in [-0.15, -0.1) is 0 Å². The van der Waals surface area contributed by atoms with Gasteiger partial charge in [-0.3, -0.25) is 4.79 Å². The van der Waals surface area contributed by atoms with E-state index in [0.717, 1.165) is 0 Å². The lowest BCUT2D eigenvalue weighted by atomic mass is 10.3. The first-order valence-corrected chi connectivity index (χ1v) is 5.90. The highest BCUT2D eigenvalue weighted by Gasteiger charge is 2.18. The molecular formula is C9H12N2O3S. The first-order chi connectivity index (χ1) is 6.95. The van der Waals surface area contributed by atoms with Crippen LogP contribution in [0.5, 0.6) is 0 Å². The molecule has 15 heavy (non-hydrogen) atoms. The van der Waals surface area contributed by atoms with Gasteiger partial charge in [0, 0.05) is 12.7 Å². The number of anilines is 1. The zero-order valence-corrected chi connectivity index (χ0v) is 9.04. The second kappa shape index (κ2) is 4.31. The number of sulfone groups is 1. The van der Waals surface area contributed by atoms with Gasteiger partial charge in [-0.05, 0) is 18.2 Å². The minimum absolute atomic E-state index is 0.0612. The molecular weight excluding hydrogens is 216 g/mol. The third-order valence-corrected chi connectivity index (χ3v) is 3.43. The van der Waals surface area contributed by atoms with E-state index in [1.807, 2.05) is 0 Å². The van der Waals surface area contributed by atoms with Gasteiger partial charge in [0.1, 0.15) is 5.75 Å². The van der Waals surface area contributed by atoms with Crippen LogP contribution in [0.1, 0.15) is 0 Å². The minimum Gasteiger partial charge on any atom is -0.399 e. The van der Waals surface area contributed by atoms with Crippen LogP contribution in [0.4, 0.5) is 5.69 Å². The Hall–Kier alpha value is -1.56. The highest BCUT2D eigenvalue weighted by Crippen LogP contribution is 2.14. The van der Waals surface area contributed by atoms with Crippen molar-refractivity contribution in [3.8, 4) is 0 Å². The molecule has 0 aromatic heterocycles. The Kier molecular flexibility index (Phi) is 3.31. The van der Waals surface area contributed by atoms with Gasteiger partial charge in [0.25, 0.3) is 0 Å². The first-order valence-electron chi connectivity index (χ1n) is 4.24. The standard InChI is InChI=1S/C9H12N2O3S/c1-11-9(12)6-15(13,14)8-4-2-3-7(10)5-8/h2-5H,6,10H2,1H3,(H,11,12). The molecule has 0 unspecified atom stereocenters. The van der Waals surface area contributed by atoms with E-state index in [1.54, 1.807) is 6.07 Å². The molecule has 0 heterocycles. The molecule has 0 saturated carbocycles. The Morgan fingerprint density at radius 2 is 2.13 bits per heavy atom. The summed E-state index contributed by atoms with van der Waals surface area (Å²) in [5, 5.41) is 2.26. The van der Waals surface area contributed by atoms with E-state index >= 15 is 0 Å². The van der Waals surface area contributed by atoms with Gasteiger partial charge in [-0.2, -0.15) is 0 Å². The molecule has 6 heteroatoms. The van der Waals surface area contributed by atoms with Crippen LogP contribution in [0.3, 0.4) is 0 Å². The van der Waals surface area contributed by atoms with Crippen LogP contribution in [0.25, 0.3) is 0 Å². The largest absolute Gasteiger partial charge is 0.399 e. The molecule has 0 aliphatic heterocycles. The average Bonchev–Trinajstić information content (AvgIpc) is 2.17. The molecule has 0 aliphatic rings. The second-order valence-corrected chi connectivity index (χ2v) is 4.99. The monoisotopic (exact) mass is 228 g/mol. The number of hydrogen-bond acceptors (Lipinski definition) is 4. The summed E-state index contributed by atoms with van der Waals surface area (Å²) in [4.78, 5) is 11.0. The molecule has 0 fully saturated rings. The number of rotatable bonds is 3. The predicted molar refractivity (Wildman–Crippen MR) is 57.0 cm³/mol.